The van der Waals surface area contributed by atoms with Gasteiger partial charge in [-0.15, -0.1) is 0 Å². The maximum atomic E-state index is 13.6. The molecule has 0 aliphatic heterocycles. The fraction of sp³-hybridized carbons (Fsp3) is 0.125. The van der Waals surface area contributed by atoms with E-state index in [1.165, 1.54) is 49.1 Å². The van der Waals surface area contributed by atoms with E-state index in [1.54, 1.807) is 6.07 Å². The summed E-state index contributed by atoms with van der Waals surface area (Å²) in [5.74, 6) is -1.18. The van der Waals surface area contributed by atoms with Crippen LogP contribution < -0.4 is 16.6 Å². The second-order valence-corrected chi connectivity index (χ2v) is 5.23. The Kier molecular flexibility index (Phi) is 3.72. The number of carbonyl (C=O) groups excluding carboxylic acids is 1. The van der Waals surface area contributed by atoms with Crippen LogP contribution in [0.4, 0.5) is 10.1 Å². The van der Waals surface area contributed by atoms with Crippen molar-refractivity contribution in [3.8, 4) is 0 Å². The van der Waals surface area contributed by atoms with E-state index in [4.69, 9.17) is 0 Å². The predicted molar refractivity (Wildman–Crippen MR) is 86.6 cm³/mol. The molecule has 0 unspecified atom stereocenters. The van der Waals surface area contributed by atoms with Crippen molar-refractivity contribution >= 4 is 22.6 Å². The van der Waals surface area contributed by atoms with Crippen LogP contribution in [0.1, 0.15) is 10.4 Å². The van der Waals surface area contributed by atoms with E-state index in [2.05, 4.69) is 10.3 Å². The van der Waals surface area contributed by atoms with Gasteiger partial charge in [0, 0.05) is 20.3 Å². The number of aryl methyl sites for hydroxylation is 1. The Balaban J connectivity index is 2.08. The van der Waals surface area contributed by atoms with E-state index in [-0.39, 0.29) is 22.3 Å². The molecule has 0 spiro atoms. The van der Waals surface area contributed by atoms with Crippen LogP contribution in [0, 0.1) is 5.82 Å². The van der Waals surface area contributed by atoms with Gasteiger partial charge in [-0.2, -0.15) is 0 Å². The fourth-order valence-electron chi connectivity index (χ4n) is 2.35. The minimum Gasteiger partial charge on any atom is -0.319 e. The standard InChI is InChI=1S/C16H13FN4O3/c1-20-13-10(15(23)21(2)16(20)24)7-9(8-18-13)14(22)19-12-6-4-3-5-11(12)17/h3-8H,1-2H3,(H,19,22). The molecule has 0 radical (unpaired) electrons. The van der Waals surface area contributed by atoms with E-state index in [9.17, 15) is 18.8 Å². The summed E-state index contributed by atoms with van der Waals surface area (Å²) in [6, 6.07) is 7.07. The molecule has 7 nitrogen and oxygen atoms in total. The minimum absolute atomic E-state index is 0.0240. The van der Waals surface area contributed by atoms with Crippen molar-refractivity contribution < 1.29 is 9.18 Å². The number of hydrogen-bond donors (Lipinski definition) is 1. The fourth-order valence-corrected chi connectivity index (χ4v) is 2.35. The van der Waals surface area contributed by atoms with Crippen molar-refractivity contribution in [1.29, 1.82) is 0 Å². The third-order valence-corrected chi connectivity index (χ3v) is 3.68. The van der Waals surface area contributed by atoms with Crippen molar-refractivity contribution in [2.45, 2.75) is 0 Å². The molecule has 122 valence electrons. The molecule has 8 heteroatoms. The molecule has 0 saturated heterocycles. The van der Waals surface area contributed by atoms with Gasteiger partial charge in [-0.05, 0) is 18.2 Å². The van der Waals surface area contributed by atoms with Gasteiger partial charge in [-0.25, -0.2) is 14.2 Å². The van der Waals surface area contributed by atoms with E-state index in [0.29, 0.717) is 0 Å². The number of pyridine rings is 1. The van der Waals surface area contributed by atoms with Crippen molar-refractivity contribution in [3.05, 3.63) is 68.7 Å². The van der Waals surface area contributed by atoms with Gasteiger partial charge in [0.15, 0.2) is 0 Å². The average Bonchev–Trinajstić information content (AvgIpc) is 2.59. The zero-order valence-electron chi connectivity index (χ0n) is 12.9. The van der Waals surface area contributed by atoms with Gasteiger partial charge in [-0.1, -0.05) is 12.1 Å². The van der Waals surface area contributed by atoms with Crippen molar-refractivity contribution in [2.24, 2.45) is 14.1 Å². The van der Waals surface area contributed by atoms with Crippen molar-refractivity contribution in [2.75, 3.05) is 5.32 Å². The van der Waals surface area contributed by atoms with Crippen LogP contribution in [-0.4, -0.2) is 20.0 Å². The highest BCUT2D eigenvalue weighted by atomic mass is 19.1. The first-order chi connectivity index (χ1) is 11.4. The van der Waals surface area contributed by atoms with Crippen LogP contribution in [-0.2, 0) is 14.1 Å². The summed E-state index contributed by atoms with van der Waals surface area (Å²) in [5, 5.41) is 2.55. The average molecular weight is 328 g/mol. The lowest BCUT2D eigenvalue weighted by molar-refractivity contribution is 0.102. The third-order valence-electron chi connectivity index (χ3n) is 3.68. The Morgan fingerprint density at radius 1 is 1.17 bits per heavy atom. The number of hydrogen-bond acceptors (Lipinski definition) is 4. The van der Waals surface area contributed by atoms with Crippen molar-refractivity contribution in [1.82, 2.24) is 14.1 Å². The molecule has 1 amide bonds. The van der Waals surface area contributed by atoms with E-state index in [0.717, 1.165) is 4.57 Å². The number of anilines is 1. The maximum Gasteiger partial charge on any atom is 0.332 e. The number of para-hydroxylation sites is 1. The third kappa shape index (κ3) is 2.47. The predicted octanol–water partition coefficient (Wildman–Crippen LogP) is 1.02. The zero-order valence-corrected chi connectivity index (χ0v) is 12.9. The summed E-state index contributed by atoms with van der Waals surface area (Å²) < 4.78 is 15.8. The maximum absolute atomic E-state index is 13.6. The second kappa shape index (κ2) is 5.73. The van der Waals surface area contributed by atoms with Gasteiger partial charge in [0.25, 0.3) is 11.5 Å². The highest BCUT2D eigenvalue weighted by molar-refractivity contribution is 6.05. The normalized spacial score (nSPS) is 10.8. The van der Waals surface area contributed by atoms with Crippen LogP contribution in [0.5, 0.6) is 0 Å². The highest BCUT2D eigenvalue weighted by Gasteiger charge is 2.14. The van der Waals surface area contributed by atoms with Gasteiger partial charge in [0.2, 0.25) is 0 Å². The molecule has 2 heterocycles. The van der Waals surface area contributed by atoms with E-state index < -0.39 is 23.0 Å². The molecular formula is C16H13FN4O3. The van der Waals surface area contributed by atoms with Crippen molar-refractivity contribution in [3.63, 3.8) is 0 Å². The summed E-state index contributed by atoms with van der Waals surface area (Å²) in [6.07, 6.45) is 1.23. The molecule has 1 N–H and O–H groups in total. The Morgan fingerprint density at radius 2 is 1.88 bits per heavy atom. The van der Waals surface area contributed by atoms with Gasteiger partial charge in [0.1, 0.15) is 11.5 Å². The summed E-state index contributed by atoms with van der Waals surface area (Å²) in [6.45, 7) is 0. The van der Waals surface area contributed by atoms with Gasteiger partial charge in [-0.3, -0.25) is 18.7 Å². The number of fused-ring (bicyclic) bond motifs is 1. The quantitative estimate of drug-likeness (QED) is 0.761. The highest BCUT2D eigenvalue weighted by Crippen LogP contribution is 2.15. The van der Waals surface area contributed by atoms with Crippen LogP contribution >= 0.6 is 0 Å². The molecule has 0 aliphatic rings. The number of nitrogens with zero attached hydrogens (tertiary/aromatic N) is 3. The molecule has 0 fully saturated rings. The number of nitrogens with one attached hydrogen (secondary N) is 1. The SMILES string of the molecule is Cn1c(=O)c2cc(C(=O)Nc3ccccc3F)cnc2n(C)c1=O. The Hall–Kier alpha value is -3.29. The summed E-state index contributed by atoms with van der Waals surface area (Å²) in [7, 11) is 2.83. The van der Waals surface area contributed by atoms with E-state index >= 15 is 0 Å². The molecule has 0 aliphatic carbocycles. The molecule has 2 aromatic heterocycles. The van der Waals surface area contributed by atoms with Crippen LogP contribution in [0.15, 0.2) is 46.1 Å². The Labute approximate surface area is 135 Å². The molecular weight excluding hydrogens is 315 g/mol. The monoisotopic (exact) mass is 328 g/mol. The Bertz CT molecular complexity index is 1080. The van der Waals surface area contributed by atoms with Gasteiger partial charge < -0.3 is 5.32 Å². The first kappa shape index (κ1) is 15.6. The summed E-state index contributed by atoms with van der Waals surface area (Å²) in [5.41, 5.74) is -0.785. The van der Waals surface area contributed by atoms with Gasteiger partial charge in [0.05, 0.1) is 16.6 Å². The number of halogens is 1. The molecule has 0 bridgehead atoms. The second-order valence-electron chi connectivity index (χ2n) is 5.23. The smallest absolute Gasteiger partial charge is 0.319 e. The number of amides is 1. The number of carbonyl (C=O) groups is 1. The molecule has 3 aromatic rings. The number of rotatable bonds is 2. The number of benzene rings is 1. The van der Waals surface area contributed by atoms with Gasteiger partial charge >= 0.3 is 5.69 Å². The summed E-state index contributed by atoms with van der Waals surface area (Å²) in [4.78, 5) is 40.4. The zero-order chi connectivity index (χ0) is 17.4. The Morgan fingerprint density at radius 3 is 2.58 bits per heavy atom. The molecule has 3 rings (SSSR count). The molecule has 1 aromatic carbocycles. The largest absolute Gasteiger partial charge is 0.332 e. The topological polar surface area (TPSA) is 86.0 Å². The minimum atomic E-state index is -0.606. The number of aromatic nitrogens is 3. The molecule has 0 atom stereocenters. The lowest BCUT2D eigenvalue weighted by Crippen LogP contribution is -2.37. The summed E-state index contributed by atoms with van der Waals surface area (Å²) >= 11 is 0. The van der Waals surface area contributed by atoms with Crippen LogP contribution in [0.3, 0.4) is 0 Å². The first-order valence-electron chi connectivity index (χ1n) is 7.02. The van der Waals surface area contributed by atoms with E-state index in [1.807, 2.05) is 0 Å². The molecule has 0 saturated carbocycles. The first-order valence-corrected chi connectivity index (χ1v) is 7.02. The lowest BCUT2D eigenvalue weighted by atomic mass is 10.2. The van der Waals surface area contributed by atoms with Crippen LogP contribution in [0.2, 0.25) is 0 Å². The lowest BCUT2D eigenvalue weighted by Gasteiger charge is -2.09. The van der Waals surface area contributed by atoms with Crippen LogP contribution in [0.25, 0.3) is 11.0 Å². The molecule has 24 heavy (non-hydrogen) atoms.